The Morgan fingerprint density at radius 2 is 1.61 bits per heavy atom. The number of carbonyl (C=O) groups excluding carboxylic acids is 1. The Hall–Kier alpha value is -2.87. The van der Waals surface area contributed by atoms with Crippen molar-refractivity contribution in [3.8, 4) is 0 Å². The number of likely N-dealkylation sites (N-methyl/N-ethyl adjacent to an activating group) is 1. The number of hydrogen-bond donors (Lipinski definition) is 0. The fourth-order valence-electron chi connectivity index (χ4n) is 3.40. The molecule has 0 bridgehead atoms. The highest BCUT2D eigenvalue weighted by atomic mass is 35.5. The van der Waals surface area contributed by atoms with E-state index in [0.717, 1.165) is 29.4 Å². The molecule has 1 heterocycles. The summed E-state index contributed by atoms with van der Waals surface area (Å²) >= 11 is 1.11. The monoisotopic (exact) mass is 487 g/mol. The first-order valence-corrected chi connectivity index (χ1v) is 11.1. The van der Waals surface area contributed by atoms with Crippen LogP contribution in [0.15, 0.2) is 66.7 Å². The van der Waals surface area contributed by atoms with Crippen molar-refractivity contribution in [2.24, 2.45) is 0 Å². The van der Waals surface area contributed by atoms with E-state index < -0.39 is 11.6 Å². The van der Waals surface area contributed by atoms with Gasteiger partial charge in [0.15, 0.2) is 10.9 Å². The third-order valence-electron chi connectivity index (χ3n) is 5.10. The molecule has 0 aliphatic rings. The highest BCUT2D eigenvalue weighted by Gasteiger charge is 2.22. The van der Waals surface area contributed by atoms with Crippen LogP contribution in [0.4, 0.5) is 13.9 Å². The Balaban J connectivity index is 0.00000306. The van der Waals surface area contributed by atoms with Crippen LogP contribution >= 0.6 is 23.7 Å². The fourth-order valence-corrected chi connectivity index (χ4v) is 4.43. The van der Waals surface area contributed by atoms with E-state index >= 15 is 0 Å². The predicted octanol–water partition coefficient (Wildman–Crippen LogP) is 5.80. The molecule has 0 atom stereocenters. The van der Waals surface area contributed by atoms with E-state index in [1.54, 1.807) is 12.1 Å². The zero-order chi connectivity index (χ0) is 22.7. The minimum absolute atomic E-state index is 0. The summed E-state index contributed by atoms with van der Waals surface area (Å²) in [4.78, 5) is 21.2. The van der Waals surface area contributed by atoms with Gasteiger partial charge in [-0.2, -0.15) is 0 Å². The summed E-state index contributed by atoms with van der Waals surface area (Å²) in [5, 5.41) is 0.352. The van der Waals surface area contributed by atoms with Gasteiger partial charge in [-0.1, -0.05) is 53.8 Å². The average molecular weight is 488 g/mol. The molecule has 0 radical (unpaired) electrons. The van der Waals surface area contributed by atoms with Crippen molar-refractivity contribution >= 4 is 45.0 Å². The van der Waals surface area contributed by atoms with Crippen LogP contribution in [0.25, 0.3) is 10.2 Å². The Morgan fingerprint density at radius 1 is 0.939 bits per heavy atom. The van der Waals surface area contributed by atoms with Gasteiger partial charge in [0.25, 0.3) is 5.91 Å². The summed E-state index contributed by atoms with van der Waals surface area (Å²) in [5.41, 5.74) is 2.90. The second kappa shape index (κ2) is 10.8. The standard InChI is InChI=1S/C25H23F2N3OS.ClH/c1-29(2)12-13-30(25-28-23-21(27)15-20(26)16-22(23)32-25)24(31)19-10-8-18(9-11-19)14-17-6-4-3-5-7-17;/h3-11,15-16H,12-14H2,1-2H3;1H. The largest absolute Gasteiger partial charge is 0.308 e. The van der Waals surface area contributed by atoms with Gasteiger partial charge in [-0.15, -0.1) is 12.4 Å². The first-order valence-electron chi connectivity index (χ1n) is 10.3. The van der Waals surface area contributed by atoms with Crippen molar-refractivity contribution in [2.45, 2.75) is 6.42 Å². The molecule has 0 saturated heterocycles. The highest BCUT2D eigenvalue weighted by molar-refractivity contribution is 7.22. The molecule has 0 N–H and O–H groups in total. The molecule has 0 aliphatic heterocycles. The maximum Gasteiger partial charge on any atom is 0.260 e. The molecular weight excluding hydrogens is 464 g/mol. The van der Waals surface area contributed by atoms with Crippen LogP contribution in [0.5, 0.6) is 0 Å². The summed E-state index contributed by atoms with van der Waals surface area (Å²) < 4.78 is 28.2. The molecule has 4 rings (SSSR count). The number of rotatable bonds is 7. The third kappa shape index (κ3) is 5.93. The Bertz CT molecular complexity index is 1230. The molecule has 0 saturated carbocycles. The number of nitrogens with zero attached hydrogens (tertiary/aromatic N) is 3. The predicted molar refractivity (Wildman–Crippen MR) is 133 cm³/mol. The lowest BCUT2D eigenvalue weighted by atomic mass is 10.0. The Morgan fingerprint density at radius 3 is 2.27 bits per heavy atom. The van der Waals surface area contributed by atoms with E-state index in [0.29, 0.717) is 28.5 Å². The van der Waals surface area contributed by atoms with E-state index in [4.69, 9.17) is 0 Å². The van der Waals surface area contributed by atoms with E-state index in [9.17, 15) is 13.6 Å². The molecule has 0 aliphatic carbocycles. The molecule has 4 nitrogen and oxygen atoms in total. The zero-order valence-electron chi connectivity index (χ0n) is 18.3. The minimum atomic E-state index is -0.729. The molecule has 1 aromatic heterocycles. The average Bonchev–Trinajstić information content (AvgIpc) is 3.19. The SMILES string of the molecule is CN(C)CCN(C(=O)c1ccc(Cc2ccccc2)cc1)c1nc2c(F)cc(F)cc2s1.Cl. The molecular formula is C25H24ClF2N3OS. The van der Waals surface area contributed by atoms with Crippen LogP contribution in [0, 0.1) is 11.6 Å². The maximum absolute atomic E-state index is 14.2. The fraction of sp³-hybridized carbons (Fsp3) is 0.200. The van der Waals surface area contributed by atoms with Crippen molar-refractivity contribution in [2.75, 3.05) is 32.1 Å². The summed E-state index contributed by atoms with van der Waals surface area (Å²) in [5.74, 6) is -1.61. The number of halogens is 3. The smallest absolute Gasteiger partial charge is 0.260 e. The summed E-state index contributed by atoms with van der Waals surface area (Å²) in [7, 11) is 3.82. The van der Waals surface area contributed by atoms with Gasteiger partial charge in [0, 0.05) is 24.7 Å². The summed E-state index contributed by atoms with van der Waals surface area (Å²) in [6, 6.07) is 19.7. The molecule has 4 aromatic rings. The van der Waals surface area contributed by atoms with Crippen molar-refractivity contribution in [3.05, 3.63) is 95.1 Å². The lowest BCUT2D eigenvalue weighted by Crippen LogP contribution is -2.36. The first kappa shape index (κ1) is 24.8. The molecule has 33 heavy (non-hydrogen) atoms. The normalized spacial score (nSPS) is 10.9. The van der Waals surface area contributed by atoms with Gasteiger partial charge in [0.2, 0.25) is 0 Å². The van der Waals surface area contributed by atoms with E-state index in [-0.39, 0.29) is 23.8 Å². The van der Waals surface area contributed by atoms with Crippen molar-refractivity contribution in [1.29, 1.82) is 0 Å². The van der Waals surface area contributed by atoms with Crippen LogP contribution in [0.3, 0.4) is 0 Å². The molecule has 0 unspecified atom stereocenters. The van der Waals surface area contributed by atoms with Crippen LogP contribution in [0.2, 0.25) is 0 Å². The topological polar surface area (TPSA) is 36.4 Å². The van der Waals surface area contributed by atoms with Gasteiger partial charge in [-0.05, 0) is 49.8 Å². The number of aromatic nitrogens is 1. The highest BCUT2D eigenvalue weighted by Crippen LogP contribution is 2.32. The lowest BCUT2D eigenvalue weighted by Gasteiger charge is -2.22. The van der Waals surface area contributed by atoms with Gasteiger partial charge in [0.05, 0.1) is 4.70 Å². The van der Waals surface area contributed by atoms with Gasteiger partial charge >= 0.3 is 0 Å². The van der Waals surface area contributed by atoms with Crippen LogP contribution in [0.1, 0.15) is 21.5 Å². The molecule has 172 valence electrons. The Labute approximate surface area is 201 Å². The molecule has 8 heteroatoms. The van der Waals surface area contributed by atoms with E-state index in [1.165, 1.54) is 16.5 Å². The van der Waals surface area contributed by atoms with Crippen molar-refractivity contribution < 1.29 is 13.6 Å². The number of anilines is 1. The molecule has 0 fully saturated rings. The van der Waals surface area contributed by atoms with Crippen LogP contribution in [-0.2, 0) is 6.42 Å². The number of carbonyl (C=O) groups is 1. The zero-order valence-corrected chi connectivity index (χ0v) is 19.9. The van der Waals surface area contributed by atoms with Gasteiger partial charge in [0.1, 0.15) is 11.3 Å². The number of benzene rings is 3. The quantitative estimate of drug-likeness (QED) is 0.331. The van der Waals surface area contributed by atoms with Gasteiger partial charge in [-0.3, -0.25) is 9.69 Å². The van der Waals surface area contributed by atoms with Crippen LogP contribution in [-0.4, -0.2) is 43.0 Å². The third-order valence-corrected chi connectivity index (χ3v) is 6.13. The molecule has 0 spiro atoms. The van der Waals surface area contributed by atoms with E-state index in [1.807, 2.05) is 49.3 Å². The number of amides is 1. The summed E-state index contributed by atoms with van der Waals surface area (Å²) in [6.07, 6.45) is 0.780. The first-order chi connectivity index (χ1) is 15.4. The van der Waals surface area contributed by atoms with E-state index in [2.05, 4.69) is 17.1 Å². The number of thiazole rings is 1. The number of fused-ring (bicyclic) bond motifs is 1. The second-order valence-corrected chi connectivity index (χ2v) is 8.86. The minimum Gasteiger partial charge on any atom is -0.308 e. The van der Waals surface area contributed by atoms with Crippen LogP contribution < -0.4 is 4.90 Å². The summed E-state index contributed by atoms with van der Waals surface area (Å²) in [6.45, 7) is 0.978. The molecule has 3 aromatic carbocycles. The van der Waals surface area contributed by atoms with Crippen molar-refractivity contribution in [3.63, 3.8) is 0 Å². The van der Waals surface area contributed by atoms with Gasteiger partial charge in [-0.25, -0.2) is 13.8 Å². The number of hydrogen-bond acceptors (Lipinski definition) is 4. The lowest BCUT2D eigenvalue weighted by molar-refractivity contribution is 0.0985. The van der Waals surface area contributed by atoms with Gasteiger partial charge < -0.3 is 4.90 Å². The second-order valence-electron chi connectivity index (χ2n) is 7.85. The van der Waals surface area contributed by atoms with Crippen molar-refractivity contribution in [1.82, 2.24) is 9.88 Å². The maximum atomic E-state index is 14.2. The Kier molecular flexibility index (Phi) is 8.13. The molecule has 1 amide bonds.